The number of halogens is 2. The van der Waals surface area contributed by atoms with Crippen LogP contribution in [-0.2, 0) is 17.8 Å². The van der Waals surface area contributed by atoms with Gasteiger partial charge >= 0.3 is 0 Å². The van der Waals surface area contributed by atoms with Gasteiger partial charge in [0, 0.05) is 24.2 Å². The lowest BCUT2D eigenvalue weighted by molar-refractivity contribution is -0.114. The molecule has 1 amide bonds. The smallest absolute Gasteiger partial charge is 0.238 e. The van der Waals surface area contributed by atoms with Crippen LogP contribution in [0.5, 0.6) is 0 Å². The number of nitrogens with zero attached hydrogens (tertiary/aromatic N) is 3. The summed E-state index contributed by atoms with van der Waals surface area (Å²) in [6, 6.07) is 7.59. The number of hydrogen-bond donors (Lipinski definition) is 2. The highest BCUT2D eigenvalue weighted by atomic mass is 35.5. The summed E-state index contributed by atoms with van der Waals surface area (Å²) in [5.41, 5.74) is 7.02. The van der Waals surface area contributed by atoms with Gasteiger partial charge in [-0.25, -0.2) is 0 Å². The Morgan fingerprint density at radius 1 is 1.18 bits per heavy atom. The Balaban J connectivity index is 0.00000121. The van der Waals surface area contributed by atoms with E-state index in [1.807, 2.05) is 24.3 Å². The van der Waals surface area contributed by atoms with E-state index in [0.29, 0.717) is 0 Å². The maximum Gasteiger partial charge on any atom is 0.238 e. The molecule has 6 nitrogen and oxygen atoms in total. The molecule has 0 spiro atoms. The van der Waals surface area contributed by atoms with E-state index in [0.717, 1.165) is 35.9 Å². The molecule has 1 aliphatic rings. The highest BCUT2D eigenvalue weighted by Gasteiger charge is 2.16. The van der Waals surface area contributed by atoms with Crippen molar-refractivity contribution in [3.63, 3.8) is 0 Å². The number of rotatable bonds is 3. The van der Waals surface area contributed by atoms with Crippen LogP contribution in [0.25, 0.3) is 11.4 Å². The fourth-order valence-corrected chi connectivity index (χ4v) is 2.44. The number of nitrogens with two attached hydrogens (primary N) is 1. The highest BCUT2D eigenvalue weighted by Crippen LogP contribution is 2.24. The second kappa shape index (κ2) is 8.12. The lowest BCUT2D eigenvalue weighted by atomic mass is 10.1. The van der Waals surface area contributed by atoms with Gasteiger partial charge < -0.3 is 15.6 Å². The number of nitrogens with one attached hydrogen (secondary N) is 1. The summed E-state index contributed by atoms with van der Waals surface area (Å²) >= 11 is 0. The number of aromatic nitrogens is 3. The third-order valence-corrected chi connectivity index (χ3v) is 3.47. The van der Waals surface area contributed by atoms with Crippen LogP contribution in [0.15, 0.2) is 24.3 Å². The summed E-state index contributed by atoms with van der Waals surface area (Å²) in [4.78, 5) is 11.2. The number of carbonyl (C=O) groups excluding carboxylic acids is 1. The first-order chi connectivity index (χ1) is 9.78. The van der Waals surface area contributed by atoms with Gasteiger partial charge in [-0.1, -0.05) is 0 Å². The fourth-order valence-electron chi connectivity index (χ4n) is 2.44. The molecule has 3 N–H and O–H groups in total. The number of hydrogen-bond acceptors (Lipinski definition) is 4. The Bertz CT molecular complexity index is 627. The Hall–Kier alpha value is -1.63. The lowest BCUT2D eigenvalue weighted by Gasteiger charge is -2.14. The molecule has 0 radical (unpaired) electrons. The van der Waals surface area contributed by atoms with E-state index in [9.17, 15) is 4.79 Å². The van der Waals surface area contributed by atoms with Gasteiger partial charge in [-0.3, -0.25) is 4.79 Å². The monoisotopic (exact) mass is 343 g/mol. The molecule has 1 aliphatic heterocycles. The van der Waals surface area contributed by atoms with Crippen molar-refractivity contribution in [3.05, 3.63) is 30.1 Å². The van der Waals surface area contributed by atoms with Crippen molar-refractivity contribution < 1.29 is 4.79 Å². The van der Waals surface area contributed by atoms with Gasteiger partial charge in [-0.15, -0.1) is 35.0 Å². The van der Waals surface area contributed by atoms with Crippen molar-refractivity contribution in [3.8, 4) is 11.4 Å². The quantitative estimate of drug-likeness (QED) is 0.892. The maximum absolute atomic E-state index is 11.2. The zero-order valence-electron chi connectivity index (χ0n) is 12.0. The third-order valence-electron chi connectivity index (χ3n) is 3.47. The van der Waals surface area contributed by atoms with Gasteiger partial charge in [0.05, 0.1) is 6.54 Å². The predicted octanol–water partition coefficient (Wildman–Crippen LogP) is 2.02. The molecule has 0 bridgehead atoms. The molecule has 120 valence electrons. The molecule has 0 saturated heterocycles. The highest BCUT2D eigenvalue weighted by molar-refractivity contribution is 5.92. The van der Waals surface area contributed by atoms with Crippen molar-refractivity contribution in [1.82, 2.24) is 14.8 Å². The molecule has 22 heavy (non-hydrogen) atoms. The summed E-state index contributed by atoms with van der Waals surface area (Å²) in [6.45, 7) is 0.961. The predicted molar refractivity (Wildman–Crippen MR) is 90.6 cm³/mol. The number of fused-ring (bicyclic) bond motifs is 1. The van der Waals surface area contributed by atoms with E-state index in [1.54, 1.807) is 0 Å². The number of amides is 1. The Morgan fingerprint density at radius 2 is 1.91 bits per heavy atom. The van der Waals surface area contributed by atoms with Crippen molar-refractivity contribution in [1.29, 1.82) is 0 Å². The first-order valence-corrected chi connectivity index (χ1v) is 6.80. The fraction of sp³-hybridized carbons (Fsp3) is 0.357. The molecule has 2 aromatic rings. The van der Waals surface area contributed by atoms with Crippen LogP contribution in [0.3, 0.4) is 0 Å². The zero-order chi connectivity index (χ0) is 13.9. The van der Waals surface area contributed by atoms with Crippen LogP contribution < -0.4 is 11.1 Å². The molecular weight excluding hydrogens is 325 g/mol. The first-order valence-electron chi connectivity index (χ1n) is 6.80. The van der Waals surface area contributed by atoms with Crippen LogP contribution in [0.4, 0.5) is 5.69 Å². The lowest BCUT2D eigenvalue weighted by Crippen LogP contribution is -2.21. The second-order valence-corrected chi connectivity index (χ2v) is 4.88. The normalized spacial score (nSPS) is 12.6. The van der Waals surface area contributed by atoms with Gasteiger partial charge in [0.1, 0.15) is 5.82 Å². The molecule has 3 rings (SSSR count). The molecule has 0 aliphatic carbocycles. The topological polar surface area (TPSA) is 85.8 Å². The average molecular weight is 344 g/mol. The Morgan fingerprint density at radius 3 is 2.59 bits per heavy atom. The molecule has 0 atom stereocenters. The molecular formula is C14H19Cl2N5O. The van der Waals surface area contributed by atoms with E-state index < -0.39 is 0 Å². The second-order valence-electron chi connectivity index (χ2n) is 4.88. The minimum absolute atomic E-state index is 0. The number of anilines is 1. The average Bonchev–Trinajstić information content (AvgIpc) is 2.92. The van der Waals surface area contributed by atoms with Crippen molar-refractivity contribution >= 4 is 36.4 Å². The van der Waals surface area contributed by atoms with E-state index in [-0.39, 0.29) is 37.3 Å². The SMILES string of the molecule is Cl.Cl.NCC(=O)Nc1ccc(-c2nnc3n2CCCC3)cc1. The number of benzene rings is 1. The summed E-state index contributed by atoms with van der Waals surface area (Å²) < 4.78 is 2.18. The van der Waals surface area contributed by atoms with E-state index in [1.165, 1.54) is 12.8 Å². The van der Waals surface area contributed by atoms with Gasteiger partial charge in [-0.05, 0) is 37.1 Å². The van der Waals surface area contributed by atoms with Crippen LogP contribution in [0.1, 0.15) is 18.7 Å². The van der Waals surface area contributed by atoms with Crippen molar-refractivity contribution in [2.75, 3.05) is 11.9 Å². The minimum atomic E-state index is -0.197. The maximum atomic E-state index is 11.2. The van der Waals surface area contributed by atoms with E-state index in [2.05, 4.69) is 20.1 Å². The third kappa shape index (κ3) is 3.76. The largest absolute Gasteiger partial charge is 0.325 e. The summed E-state index contributed by atoms with van der Waals surface area (Å²) in [6.07, 6.45) is 3.35. The molecule has 2 heterocycles. The van der Waals surface area contributed by atoms with Crippen molar-refractivity contribution in [2.24, 2.45) is 5.73 Å². The van der Waals surface area contributed by atoms with Gasteiger partial charge in [0.25, 0.3) is 0 Å². The molecule has 1 aromatic heterocycles. The summed E-state index contributed by atoms with van der Waals surface area (Å²) in [5.74, 6) is 1.76. The number of aryl methyl sites for hydroxylation is 1. The molecule has 0 unspecified atom stereocenters. The molecule has 1 aromatic carbocycles. The van der Waals surface area contributed by atoms with Crippen LogP contribution >= 0.6 is 24.8 Å². The molecule has 0 saturated carbocycles. The van der Waals surface area contributed by atoms with Gasteiger partial charge in [-0.2, -0.15) is 0 Å². The summed E-state index contributed by atoms with van der Waals surface area (Å²) in [5, 5.41) is 11.2. The van der Waals surface area contributed by atoms with Crippen LogP contribution in [0.2, 0.25) is 0 Å². The number of carbonyl (C=O) groups is 1. The van der Waals surface area contributed by atoms with E-state index in [4.69, 9.17) is 5.73 Å². The van der Waals surface area contributed by atoms with Gasteiger partial charge in [0.15, 0.2) is 5.82 Å². The van der Waals surface area contributed by atoms with Crippen molar-refractivity contribution in [2.45, 2.75) is 25.8 Å². The molecule has 8 heteroatoms. The van der Waals surface area contributed by atoms with Gasteiger partial charge in [0.2, 0.25) is 5.91 Å². The molecule has 0 fully saturated rings. The first kappa shape index (κ1) is 18.4. The minimum Gasteiger partial charge on any atom is -0.325 e. The van der Waals surface area contributed by atoms with Crippen LogP contribution in [0, 0.1) is 0 Å². The zero-order valence-corrected chi connectivity index (χ0v) is 13.6. The van der Waals surface area contributed by atoms with E-state index >= 15 is 0 Å². The Labute approximate surface area is 141 Å². The standard InChI is InChI=1S/C14H17N5O.2ClH/c15-9-13(20)16-11-6-4-10(5-7-11)14-18-17-12-3-1-2-8-19(12)14;;/h4-7H,1-3,8-9,15H2,(H,16,20);2*1H. The summed E-state index contributed by atoms with van der Waals surface area (Å²) in [7, 11) is 0. The Kier molecular flexibility index (Phi) is 6.80. The van der Waals surface area contributed by atoms with Crippen LogP contribution in [-0.4, -0.2) is 27.2 Å².